The molecule has 0 radical (unpaired) electrons. The van der Waals surface area contributed by atoms with E-state index in [-0.39, 0.29) is 5.69 Å². The molecule has 0 atom stereocenters. The van der Waals surface area contributed by atoms with Crippen LogP contribution in [0.3, 0.4) is 0 Å². The molecule has 19 heavy (non-hydrogen) atoms. The molecule has 0 amide bonds. The van der Waals surface area contributed by atoms with Gasteiger partial charge < -0.3 is 5.73 Å². The number of aromatic amines is 1. The van der Waals surface area contributed by atoms with Gasteiger partial charge in [0.1, 0.15) is 0 Å². The van der Waals surface area contributed by atoms with Crippen LogP contribution in [0.1, 0.15) is 24.4 Å². The number of H-pyrrole nitrogens is 1. The van der Waals surface area contributed by atoms with Crippen molar-refractivity contribution in [2.24, 2.45) is 5.73 Å². The Morgan fingerprint density at radius 2 is 2.32 bits per heavy atom. The third kappa shape index (κ3) is 2.63. The molecular formula is C12H13BrN4OS. The molecule has 0 spiro atoms. The molecule has 0 saturated heterocycles. The van der Waals surface area contributed by atoms with Gasteiger partial charge in [-0.15, -0.1) is 5.10 Å². The van der Waals surface area contributed by atoms with Crippen molar-refractivity contribution in [2.45, 2.75) is 35.5 Å². The monoisotopic (exact) mass is 340 g/mol. The van der Waals surface area contributed by atoms with E-state index in [0.29, 0.717) is 17.7 Å². The van der Waals surface area contributed by atoms with Crippen molar-refractivity contribution in [3.05, 3.63) is 38.7 Å². The number of aromatic nitrogens is 3. The van der Waals surface area contributed by atoms with Crippen LogP contribution in [0.2, 0.25) is 0 Å². The molecule has 1 aliphatic carbocycles. The highest BCUT2D eigenvalue weighted by molar-refractivity contribution is 9.10. The summed E-state index contributed by atoms with van der Waals surface area (Å²) in [5.74, 6) is 0. The van der Waals surface area contributed by atoms with Crippen molar-refractivity contribution in [3.63, 3.8) is 0 Å². The maximum Gasteiger partial charge on any atom is 0.344 e. The molecule has 1 saturated carbocycles. The van der Waals surface area contributed by atoms with Crippen LogP contribution in [0.15, 0.2) is 37.5 Å². The summed E-state index contributed by atoms with van der Waals surface area (Å²) in [6.07, 6.45) is 2.10. The predicted molar refractivity (Wildman–Crippen MR) is 77.3 cm³/mol. The third-order valence-electron chi connectivity index (χ3n) is 3.03. The van der Waals surface area contributed by atoms with Crippen molar-refractivity contribution in [2.75, 3.05) is 0 Å². The van der Waals surface area contributed by atoms with Crippen LogP contribution >= 0.6 is 27.7 Å². The fourth-order valence-corrected chi connectivity index (χ4v) is 3.51. The smallest absolute Gasteiger partial charge is 0.326 e. The summed E-state index contributed by atoms with van der Waals surface area (Å²) < 4.78 is 2.73. The maximum absolute atomic E-state index is 11.7. The lowest BCUT2D eigenvalue weighted by Gasteiger charge is -2.08. The second-order valence-electron chi connectivity index (χ2n) is 4.47. The second-order valence-corrected chi connectivity index (χ2v) is 6.40. The molecule has 1 aromatic carbocycles. The third-order valence-corrected chi connectivity index (χ3v) is 4.60. The van der Waals surface area contributed by atoms with E-state index in [0.717, 1.165) is 27.8 Å². The van der Waals surface area contributed by atoms with Crippen LogP contribution in [-0.4, -0.2) is 14.8 Å². The number of rotatable bonds is 4. The molecule has 1 fully saturated rings. The van der Waals surface area contributed by atoms with Crippen LogP contribution in [0.4, 0.5) is 0 Å². The van der Waals surface area contributed by atoms with Gasteiger partial charge in [-0.3, -0.25) is 4.57 Å². The number of benzene rings is 1. The average Bonchev–Trinajstić information content (AvgIpc) is 3.15. The highest BCUT2D eigenvalue weighted by Gasteiger charge is 2.28. The summed E-state index contributed by atoms with van der Waals surface area (Å²) in [5.41, 5.74) is 6.66. The van der Waals surface area contributed by atoms with Gasteiger partial charge in [0.2, 0.25) is 0 Å². The Morgan fingerprint density at radius 1 is 1.53 bits per heavy atom. The zero-order valence-electron chi connectivity index (χ0n) is 10.1. The van der Waals surface area contributed by atoms with E-state index in [1.165, 1.54) is 11.8 Å². The lowest BCUT2D eigenvalue weighted by molar-refractivity contribution is 0.642. The highest BCUT2D eigenvalue weighted by Crippen LogP contribution is 2.38. The van der Waals surface area contributed by atoms with Crippen LogP contribution in [0.25, 0.3) is 0 Å². The van der Waals surface area contributed by atoms with E-state index in [9.17, 15) is 4.79 Å². The molecule has 100 valence electrons. The van der Waals surface area contributed by atoms with Crippen molar-refractivity contribution < 1.29 is 0 Å². The molecule has 1 heterocycles. The highest BCUT2D eigenvalue weighted by atomic mass is 79.9. The Kier molecular flexibility index (Phi) is 3.51. The summed E-state index contributed by atoms with van der Waals surface area (Å²) >= 11 is 4.93. The Bertz CT molecular complexity index is 662. The van der Waals surface area contributed by atoms with Gasteiger partial charge in [-0.2, -0.15) is 0 Å². The summed E-state index contributed by atoms with van der Waals surface area (Å²) in [6.45, 7) is 0.466. The standard InChI is InChI=1S/C12H13BrN4OS/c13-8-2-1-7(6-14)10(5-8)19-12-16-15-11(18)17(12)9-3-4-9/h1-2,5,9H,3-4,6,14H2,(H,15,18). The lowest BCUT2D eigenvalue weighted by atomic mass is 10.2. The van der Waals surface area contributed by atoms with E-state index >= 15 is 0 Å². The van der Waals surface area contributed by atoms with Gasteiger partial charge in [0, 0.05) is 22.0 Å². The van der Waals surface area contributed by atoms with Gasteiger partial charge in [-0.25, -0.2) is 9.89 Å². The number of nitrogens with two attached hydrogens (primary N) is 1. The number of hydrogen-bond acceptors (Lipinski definition) is 4. The minimum atomic E-state index is -0.130. The van der Waals surface area contributed by atoms with Crippen molar-refractivity contribution >= 4 is 27.7 Å². The van der Waals surface area contributed by atoms with Gasteiger partial charge in [-0.05, 0) is 42.3 Å². The molecule has 0 unspecified atom stereocenters. The van der Waals surface area contributed by atoms with Crippen LogP contribution in [0, 0.1) is 0 Å². The Morgan fingerprint density at radius 3 is 3.00 bits per heavy atom. The number of nitrogens with one attached hydrogen (secondary N) is 1. The first-order valence-electron chi connectivity index (χ1n) is 6.02. The summed E-state index contributed by atoms with van der Waals surface area (Å²) in [5, 5.41) is 7.34. The molecule has 1 aromatic heterocycles. The van der Waals surface area contributed by atoms with Gasteiger partial charge in [-0.1, -0.05) is 22.0 Å². The van der Waals surface area contributed by atoms with Crippen LogP contribution in [0.5, 0.6) is 0 Å². The molecule has 3 N–H and O–H groups in total. The summed E-state index contributed by atoms with van der Waals surface area (Å²) in [6, 6.07) is 6.26. The molecule has 2 aromatic rings. The zero-order chi connectivity index (χ0) is 13.4. The normalized spacial score (nSPS) is 14.8. The molecule has 0 bridgehead atoms. The minimum absolute atomic E-state index is 0.130. The quantitative estimate of drug-likeness (QED) is 0.895. The van der Waals surface area contributed by atoms with Crippen LogP contribution < -0.4 is 11.4 Å². The van der Waals surface area contributed by atoms with Gasteiger partial charge in [0.15, 0.2) is 5.16 Å². The molecule has 3 rings (SSSR count). The first kappa shape index (κ1) is 13.0. The lowest BCUT2D eigenvalue weighted by Crippen LogP contribution is -2.16. The van der Waals surface area contributed by atoms with Gasteiger partial charge in [0.05, 0.1) is 0 Å². The molecule has 7 heteroatoms. The zero-order valence-corrected chi connectivity index (χ0v) is 12.5. The molecule has 0 aliphatic heterocycles. The van der Waals surface area contributed by atoms with Crippen molar-refractivity contribution in [1.29, 1.82) is 0 Å². The van der Waals surface area contributed by atoms with Gasteiger partial charge in [0.25, 0.3) is 0 Å². The van der Waals surface area contributed by atoms with Crippen molar-refractivity contribution in [1.82, 2.24) is 14.8 Å². The fraction of sp³-hybridized carbons (Fsp3) is 0.333. The maximum atomic E-state index is 11.7. The first-order valence-corrected chi connectivity index (χ1v) is 7.63. The Labute approximate surface area is 122 Å². The van der Waals surface area contributed by atoms with Crippen molar-refractivity contribution in [3.8, 4) is 0 Å². The number of halogens is 1. The number of hydrogen-bond donors (Lipinski definition) is 2. The van der Waals surface area contributed by atoms with E-state index in [2.05, 4.69) is 26.1 Å². The predicted octanol–water partition coefficient (Wildman–Crippen LogP) is 2.28. The largest absolute Gasteiger partial charge is 0.344 e. The Hall–Kier alpha value is -1.05. The second kappa shape index (κ2) is 5.15. The average molecular weight is 341 g/mol. The summed E-state index contributed by atoms with van der Waals surface area (Å²) in [4.78, 5) is 12.8. The fourth-order valence-electron chi connectivity index (χ4n) is 1.91. The van der Waals surface area contributed by atoms with E-state index < -0.39 is 0 Å². The minimum Gasteiger partial charge on any atom is -0.326 e. The van der Waals surface area contributed by atoms with E-state index in [1.54, 1.807) is 4.57 Å². The molecule has 5 nitrogen and oxygen atoms in total. The summed E-state index contributed by atoms with van der Waals surface area (Å²) in [7, 11) is 0. The molecular weight excluding hydrogens is 328 g/mol. The Balaban J connectivity index is 1.97. The van der Waals surface area contributed by atoms with E-state index in [4.69, 9.17) is 5.73 Å². The van der Waals surface area contributed by atoms with Crippen LogP contribution in [-0.2, 0) is 6.54 Å². The SMILES string of the molecule is NCc1ccc(Br)cc1Sc1n[nH]c(=O)n1C1CC1. The molecule has 1 aliphatic rings. The first-order chi connectivity index (χ1) is 9.19. The topological polar surface area (TPSA) is 76.7 Å². The number of nitrogens with zero attached hydrogens (tertiary/aromatic N) is 2. The van der Waals surface area contributed by atoms with E-state index in [1.807, 2.05) is 18.2 Å². The van der Waals surface area contributed by atoms with Gasteiger partial charge >= 0.3 is 5.69 Å².